The third-order valence-electron chi connectivity index (χ3n) is 4.90. The minimum Gasteiger partial charge on any atom is -0.292 e. The monoisotopic (exact) mass is 407 g/mol. The van der Waals surface area contributed by atoms with Crippen LogP contribution in [0.2, 0.25) is 0 Å². The van der Waals surface area contributed by atoms with Gasteiger partial charge in [-0.25, -0.2) is 0 Å². The molecule has 0 N–H and O–H groups in total. The molecule has 8 nitrogen and oxygen atoms in total. The van der Waals surface area contributed by atoms with Gasteiger partial charge in [0.1, 0.15) is 0 Å². The van der Waals surface area contributed by atoms with Crippen LogP contribution in [0.25, 0.3) is 12.2 Å². The van der Waals surface area contributed by atoms with Crippen molar-refractivity contribution in [2.45, 2.75) is 19.9 Å². The number of benzene rings is 2. The quantitative estimate of drug-likeness (QED) is 0.416. The zero-order chi connectivity index (χ0) is 21.8. The number of hydrogen-bond acceptors (Lipinski definition) is 6. The van der Waals surface area contributed by atoms with Crippen LogP contribution < -0.4 is 0 Å². The Hall–Kier alpha value is -3.65. The average Bonchev–Trinajstić information content (AvgIpc) is 2.71. The van der Waals surface area contributed by atoms with Crippen molar-refractivity contribution in [2.24, 2.45) is 0 Å². The van der Waals surface area contributed by atoms with E-state index in [9.17, 15) is 25.0 Å². The Bertz CT molecular complexity index is 992. The maximum atomic E-state index is 13.1. The highest BCUT2D eigenvalue weighted by Gasteiger charge is 2.27. The normalized spacial score (nSPS) is 17.6. The Kier molecular flexibility index (Phi) is 6.17. The Morgan fingerprint density at radius 2 is 1.30 bits per heavy atom. The van der Waals surface area contributed by atoms with Gasteiger partial charge in [-0.1, -0.05) is 24.3 Å². The molecule has 0 saturated carbocycles. The summed E-state index contributed by atoms with van der Waals surface area (Å²) in [4.78, 5) is 36.3. The molecule has 30 heavy (non-hydrogen) atoms. The molecule has 0 radical (unpaired) electrons. The molecule has 1 aliphatic rings. The second-order valence-corrected chi connectivity index (χ2v) is 7.37. The molecule has 0 aromatic heterocycles. The molecule has 2 aromatic carbocycles. The summed E-state index contributed by atoms with van der Waals surface area (Å²) in [7, 11) is 0. The van der Waals surface area contributed by atoms with E-state index in [2.05, 4.69) is 4.90 Å². The minimum atomic E-state index is -0.473. The van der Waals surface area contributed by atoms with E-state index in [1.54, 1.807) is 36.4 Å². The molecule has 0 atom stereocenters. The van der Waals surface area contributed by atoms with Crippen molar-refractivity contribution in [2.75, 3.05) is 13.1 Å². The first-order chi connectivity index (χ1) is 14.2. The molecular formula is C22H21N3O5. The molecular weight excluding hydrogens is 386 g/mol. The van der Waals surface area contributed by atoms with E-state index in [1.807, 2.05) is 13.8 Å². The number of likely N-dealkylation sites (tertiary alicyclic amines) is 1. The molecule has 1 fully saturated rings. The first-order valence-corrected chi connectivity index (χ1v) is 9.43. The number of Topliss-reactive ketones (excluding diaryl/α,β-unsaturated/α-hetero) is 1. The van der Waals surface area contributed by atoms with Crippen molar-refractivity contribution < 1.29 is 14.6 Å². The second-order valence-electron chi connectivity index (χ2n) is 7.37. The molecule has 0 aliphatic carbocycles. The lowest BCUT2D eigenvalue weighted by Gasteiger charge is -2.32. The van der Waals surface area contributed by atoms with Gasteiger partial charge in [0.2, 0.25) is 0 Å². The Balaban J connectivity index is 2.00. The summed E-state index contributed by atoms with van der Waals surface area (Å²) in [5, 5.41) is 22.1. The molecule has 1 heterocycles. The third kappa shape index (κ3) is 4.84. The van der Waals surface area contributed by atoms with Crippen molar-refractivity contribution in [3.05, 3.63) is 91.0 Å². The summed E-state index contributed by atoms with van der Waals surface area (Å²) in [6.07, 6.45) is 3.34. The van der Waals surface area contributed by atoms with Crippen LogP contribution in [0.3, 0.4) is 0 Å². The first-order valence-electron chi connectivity index (χ1n) is 9.43. The molecule has 8 heteroatoms. The zero-order valence-electron chi connectivity index (χ0n) is 16.6. The maximum Gasteiger partial charge on any atom is 0.270 e. The van der Waals surface area contributed by atoms with Crippen LogP contribution in [0.15, 0.2) is 59.7 Å². The van der Waals surface area contributed by atoms with Gasteiger partial charge in [0.05, 0.1) is 9.85 Å². The van der Waals surface area contributed by atoms with Crippen molar-refractivity contribution in [3.8, 4) is 0 Å². The number of piperidine rings is 1. The van der Waals surface area contributed by atoms with Gasteiger partial charge in [0.15, 0.2) is 5.78 Å². The molecule has 0 bridgehead atoms. The number of rotatable bonds is 5. The van der Waals surface area contributed by atoms with Crippen LogP contribution in [-0.4, -0.2) is 39.7 Å². The van der Waals surface area contributed by atoms with E-state index in [1.165, 1.54) is 24.3 Å². The van der Waals surface area contributed by atoms with Crippen LogP contribution in [0, 0.1) is 20.2 Å². The van der Waals surface area contributed by atoms with Crippen LogP contribution in [0.5, 0.6) is 0 Å². The van der Waals surface area contributed by atoms with Crippen molar-refractivity contribution in [1.29, 1.82) is 0 Å². The smallest absolute Gasteiger partial charge is 0.270 e. The standard InChI is InChI=1S/C22H21N3O5/c1-15(2)23-13-18(9-16-5-3-7-20(11-16)24(27)28)22(26)19(14-23)10-17-6-4-8-21(12-17)25(29)30/h3-12,15H,13-14H2,1-2H3/b18-9-,19-10+. The molecule has 1 saturated heterocycles. The van der Waals surface area contributed by atoms with E-state index in [4.69, 9.17) is 0 Å². The largest absolute Gasteiger partial charge is 0.292 e. The predicted octanol–water partition coefficient (Wildman–Crippen LogP) is 4.26. The summed E-state index contributed by atoms with van der Waals surface area (Å²) in [5.41, 5.74) is 2.11. The topological polar surface area (TPSA) is 107 Å². The molecule has 2 aromatic rings. The number of hydrogen-bond donors (Lipinski definition) is 0. The highest BCUT2D eigenvalue weighted by Crippen LogP contribution is 2.25. The lowest BCUT2D eigenvalue weighted by Crippen LogP contribution is -2.41. The maximum absolute atomic E-state index is 13.1. The summed E-state index contributed by atoms with van der Waals surface area (Å²) in [6.45, 7) is 4.88. The van der Waals surface area contributed by atoms with Gasteiger partial charge >= 0.3 is 0 Å². The van der Waals surface area contributed by atoms with Gasteiger partial charge in [-0.15, -0.1) is 0 Å². The van der Waals surface area contributed by atoms with E-state index in [0.717, 1.165) is 0 Å². The molecule has 1 aliphatic heterocycles. The van der Waals surface area contributed by atoms with E-state index in [0.29, 0.717) is 35.4 Å². The summed E-state index contributed by atoms with van der Waals surface area (Å²) in [5.74, 6) is -0.162. The molecule has 3 rings (SSSR count). The van der Waals surface area contributed by atoms with Gasteiger partial charge in [0, 0.05) is 54.5 Å². The number of ketones is 1. The molecule has 0 amide bonds. The number of nitrogens with zero attached hydrogens (tertiary/aromatic N) is 3. The minimum absolute atomic E-state index is 0.0410. The number of carbonyl (C=O) groups excluding carboxylic acids is 1. The van der Waals surface area contributed by atoms with Gasteiger partial charge in [0.25, 0.3) is 11.4 Å². The number of carbonyl (C=O) groups is 1. The van der Waals surface area contributed by atoms with Crippen molar-refractivity contribution in [1.82, 2.24) is 4.90 Å². The second kappa shape index (κ2) is 8.79. The van der Waals surface area contributed by atoms with E-state index < -0.39 is 9.85 Å². The van der Waals surface area contributed by atoms with E-state index in [-0.39, 0.29) is 23.2 Å². The van der Waals surface area contributed by atoms with Gasteiger partial charge in [-0.05, 0) is 37.1 Å². The number of nitro groups is 2. The average molecular weight is 407 g/mol. The Morgan fingerprint density at radius 3 is 1.67 bits per heavy atom. The fourth-order valence-corrected chi connectivity index (χ4v) is 3.29. The lowest BCUT2D eigenvalue weighted by atomic mass is 9.93. The van der Waals surface area contributed by atoms with Crippen LogP contribution in [0.1, 0.15) is 25.0 Å². The predicted molar refractivity (Wildman–Crippen MR) is 114 cm³/mol. The third-order valence-corrected chi connectivity index (χ3v) is 4.90. The summed E-state index contributed by atoms with van der Waals surface area (Å²) >= 11 is 0. The fraction of sp³-hybridized carbons (Fsp3) is 0.227. The summed E-state index contributed by atoms with van der Waals surface area (Å²) in [6, 6.07) is 12.4. The highest BCUT2D eigenvalue weighted by molar-refractivity contribution is 6.14. The van der Waals surface area contributed by atoms with Gasteiger partial charge < -0.3 is 0 Å². The SMILES string of the molecule is CC(C)N1C/C(=C/c2cccc([N+](=O)[O-])c2)C(=O)/C(=C/c2cccc([N+](=O)[O-])c2)C1. The van der Waals surface area contributed by atoms with Crippen molar-refractivity contribution in [3.63, 3.8) is 0 Å². The lowest BCUT2D eigenvalue weighted by molar-refractivity contribution is -0.385. The van der Waals surface area contributed by atoms with Crippen LogP contribution >= 0.6 is 0 Å². The number of nitro benzene ring substituents is 2. The number of non-ortho nitro benzene ring substituents is 2. The van der Waals surface area contributed by atoms with Crippen molar-refractivity contribution >= 4 is 29.3 Å². The van der Waals surface area contributed by atoms with Crippen LogP contribution in [0.4, 0.5) is 11.4 Å². The molecule has 154 valence electrons. The molecule has 0 spiro atoms. The summed E-state index contributed by atoms with van der Waals surface area (Å²) < 4.78 is 0. The zero-order valence-corrected chi connectivity index (χ0v) is 16.6. The molecule has 0 unspecified atom stereocenters. The Labute approximate surface area is 173 Å². The van der Waals surface area contributed by atoms with E-state index >= 15 is 0 Å². The van der Waals surface area contributed by atoms with Crippen LogP contribution in [-0.2, 0) is 4.79 Å². The fourth-order valence-electron chi connectivity index (χ4n) is 3.29. The Morgan fingerprint density at radius 1 is 0.867 bits per heavy atom. The first kappa shape index (κ1) is 21.1. The van der Waals surface area contributed by atoms with Gasteiger partial charge in [-0.3, -0.25) is 29.9 Å². The highest BCUT2D eigenvalue weighted by atomic mass is 16.6. The van der Waals surface area contributed by atoms with Gasteiger partial charge in [-0.2, -0.15) is 0 Å².